The first-order valence-corrected chi connectivity index (χ1v) is 11.2. The first kappa shape index (κ1) is 18.6. The molecule has 1 atom stereocenters. The number of amides is 1. The summed E-state index contributed by atoms with van der Waals surface area (Å²) in [5.41, 5.74) is 4.93. The quantitative estimate of drug-likeness (QED) is 0.706. The van der Waals surface area contributed by atoms with E-state index in [0.717, 1.165) is 26.8 Å². The second-order valence-corrected chi connectivity index (χ2v) is 9.56. The van der Waals surface area contributed by atoms with Crippen molar-refractivity contribution in [3.8, 4) is 11.1 Å². The van der Waals surface area contributed by atoms with Gasteiger partial charge in [-0.15, -0.1) is 11.3 Å². The molecule has 2 aromatic heterocycles. The summed E-state index contributed by atoms with van der Waals surface area (Å²) in [7, 11) is -3.22. The lowest BCUT2D eigenvalue weighted by atomic mass is 10.1. The van der Waals surface area contributed by atoms with E-state index < -0.39 is 15.7 Å². The fraction of sp³-hybridized carbons (Fsp3) is 0.211. The number of carbonyl (C=O) groups is 1. The van der Waals surface area contributed by atoms with Crippen molar-refractivity contribution in [2.24, 2.45) is 5.92 Å². The molecule has 9 heteroatoms. The third kappa shape index (κ3) is 3.63. The lowest BCUT2D eigenvalue weighted by Gasteiger charge is -2.10. The molecule has 1 N–H and O–H groups in total. The summed E-state index contributed by atoms with van der Waals surface area (Å²) in [6, 6.07) is 7.83. The van der Waals surface area contributed by atoms with Gasteiger partial charge in [-0.1, -0.05) is 35.9 Å². The van der Waals surface area contributed by atoms with Crippen LogP contribution in [0.2, 0.25) is 0 Å². The van der Waals surface area contributed by atoms with Crippen molar-refractivity contribution in [2.45, 2.75) is 13.3 Å². The molecule has 28 heavy (non-hydrogen) atoms. The number of sulfone groups is 1. The summed E-state index contributed by atoms with van der Waals surface area (Å²) in [5.74, 6) is -0.918. The van der Waals surface area contributed by atoms with Gasteiger partial charge < -0.3 is 0 Å². The first-order chi connectivity index (χ1) is 13.3. The SMILES string of the molecule is Cc1ccc(-c2csc3ncn(NC(=O)CC4C=CS(=O)(=O)C4)c(=O)c23)cc1. The molecule has 0 radical (unpaired) electrons. The number of fused-ring (bicyclic) bond motifs is 1. The van der Waals surface area contributed by atoms with Crippen LogP contribution in [0, 0.1) is 12.8 Å². The summed E-state index contributed by atoms with van der Waals surface area (Å²) in [6.45, 7) is 1.99. The number of carbonyl (C=O) groups excluding carboxylic acids is 1. The summed E-state index contributed by atoms with van der Waals surface area (Å²) in [6.07, 6.45) is 2.77. The van der Waals surface area contributed by atoms with Crippen molar-refractivity contribution in [2.75, 3.05) is 11.2 Å². The Kier molecular flexibility index (Phi) is 4.64. The van der Waals surface area contributed by atoms with Gasteiger partial charge in [-0.2, -0.15) is 0 Å². The van der Waals surface area contributed by atoms with Crippen LogP contribution in [0.3, 0.4) is 0 Å². The van der Waals surface area contributed by atoms with E-state index in [1.54, 1.807) is 0 Å². The Morgan fingerprint density at radius 1 is 1.32 bits per heavy atom. The average Bonchev–Trinajstić information content (AvgIpc) is 3.21. The minimum Gasteiger partial charge on any atom is -0.273 e. The summed E-state index contributed by atoms with van der Waals surface area (Å²) in [5, 5.41) is 3.45. The molecule has 3 heterocycles. The van der Waals surface area contributed by atoms with Gasteiger partial charge in [-0.05, 0) is 12.5 Å². The standard InChI is InChI=1S/C19H17N3O4S2/c1-12-2-4-14(5-3-12)15-9-27-18-17(15)19(24)22(11-20-18)21-16(23)8-13-6-7-28(25,26)10-13/h2-7,9,11,13H,8,10H2,1H3,(H,21,23). The van der Waals surface area contributed by atoms with Crippen LogP contribution in [0.4, 0.5) is 0 Å². The van der Waals surface area contributed by atoms with Crippen LogP contribution in [0.1, 0.15) is 12.0 Å². The monoisotopic (exact) mass is 415 g/mol. The minimum absolute atomic E-state index is 0.0192. The van der Waals surface area contributed by atoms with Crippen molar-refractivity contribution < 1.29 is 13.2 Å². The van der Waals surface area contributed by atoms with Crippen molar-refractivity contribution in [3.63, 3.8) is 0 Å². The molecule has 3 aromatic rings. The molecule has 0 saturated heterocycles. The highest BCUT2D eigenvalue weighted by molar-refractivity contribution is 7.94. The molecule has 7 nitrogen and oxygen atoms in total. The number of nitrogens with one attached hydrogen (secondary N) is 1. The van der Waals surface area contributed by atoms with Crippen LogP contribution in [0.25, 0.3) is 21.3 Å². The fourth-order valence-electron chi connectivity index (χ4n) is 3.14. The Morgan fingerprint density at radius 2 is 2.07 bits per heavy atom. The number of benzene rings is 1. The van der Waals surface area contributed by atoms with Crippen LogP contribution in [0.15, 0.2) is 52.3 Å². The third-order valence-electron chi connectivity index (χ3n) is 4.55. The van der Waals surface area contributed by atoms with Gasteiger partial charge in [0.05, 0.1) is 11.1 Å². The van der Waals surface area contributed by atoms with Gasteiger partial charge >= 0.3 is 0 Å². The number of thiophene rings is 1. The van der Waals surface area contributed by atoms with Gasteiger partial charge in [0, 0.05) is 28.7 Å². The van der Waals surface area contributed by atoms with Crippen LogP contribution in [0.5, 0.6) is 0 Å². The molecule has 1 unspecified atom stereocenters. The maximum atomic E-state index is 12.9. The van der Waals surface area contributed by atoms with Gasteiger partial charge in [0.25, 0.3) is 5.56 Å². The number of rotatable bonds is 4. The normalized spacial score (nSPS) is 17.8. The molecule has 0 aliphatic carbocycles. The number of hydrogen-bond acceptors (Lipinski definition) is 6. The van der Waals surface area contributed by atoms with E-state index in [1.807, 2.05) is 36.6 Å². The first-order valence-electron chi connectivity index (χ1n) is 8.59. The summed E-state index contributed by atoms with van der Waals surface area (Å²) >= 11 is 1.37. The Hall–Kier alpha value is -2.78. The van der Waals surface area contributed by atoms with Gasteiger partial charge in [-0.25, -0.2) is 18.1 Å². The van der Waals surface area contributed by atoms with Crippen LogP contribution in [-0.2, 0) is 14.6 Å². The number of allylic oxidation sites excluding steroid dienone is 1. The van der Waals surface area contributed by atoms with Crippen molar-refractivity contribution in [1.29, 1.82) is 0 Å². The average molecular weight is 415 g/mol. The molecule has 144 valence electrons. The van der Waals surface area contributed by atoms with Gasteiger partial charge in [0.15, 0.2) is 9.84 Å². The topological polar surface area (TPSA) is 98.1 Å². The largest absolute Gasteiger partial charge is 0.281 e. The number of aryl methyl sites for hydroxylation is 1. The van der Waals surface area contributed by atoms with E-state index >= 15 is 0 Å². The summed E-state index contributed by atoms with van der Waals surface area (Å²) in [4.78, 5) is 30.1. The number of aromatic nitrogens is 2. The third-order valence-corrected chi connectivity index (χ3v) is 6.91. The molecule has 0 saturated carbocycles. The van der Waals surface area contributed by atoms with Gasteiger partial charge in [0.2, 0.25) is 5.91 Å². The molecule has 0 spiro atoms. The van der Waals surface area contributed by atoms with E-state index in [0.29, 0.717) is 10.2 Å². The predicted molar refractivity (Wildman–Crippen MR) is 109 cm³/mol. The molecule has 0 fully saturated rings. The second-order valence-electron chi connectivity index (χ2n) is 6.77. The highest BCUT2D eigenvalue weighted by Gasteiger charge is 2.24. The zero-order chi connectivity index (χ0) is 19.9. The summed E-state index contributed by atoms with van der Waals surface area (Å²) < 4.78 is 24.0. The van der Waals surface area contributed by atoms with Crippen molar-refractivity contribution in [3.05, 3.63) is 63.4 Å². The molecule has 1 aliphatic rings. The molecular weight excluding hydrogens is 398 g/mol. The van der Waals surface area contributed by atoms with Crippen molar-refractivity contribution in [1.82, 2.24) is 9.66 Å². The molecule has 4 rings (SSSR count). The molecule has 1 aliphatic heterocycles. The smallest absolute Gasteiger partial charge is 0.273 e. The molecule has 0 bridgehead atoms. The Morgan fingerprint density at radius 3 is 2.75 bits per heavy atom. The van der Waals surface area contributed by atoms with E-state index in [2.05, 4.69) is 10.4 Å². The highest BCUT2D eigenvalue weighted by Crippen LogP contribution is 2.30. The van der Waals surface area contributed by atoms with Gasteiger partial charge in [0.1, 0.15) is 11.2 Å². The minimum atomic E-state index is -3.22. The highest BCUT2D eigenvalue weighted by atomic mass is 32.2. The number of nitrogens with zero attached hydrogens (tertiary/aromatic N) is 2. The second kappa shape index (κ2) is 6.99. The fourth-order valence-corrected chi connectivity index (χ4v) is 5.45. The zero-order valence-corrected chi connectivity index (χ0v) is 16.6. The van der Waals surface area contributed by atoms with Gasteiger partial charge in [-0.3, -0.25) is 15.0 Å². The lowest BCUT2D eigenvalue weighted by molar-refractivity contribution is -0.117. The van der Waals surface area contributed by atoms with Crippen LogP contribution in [-0.4, -0.2) is 29.7 Å². The van der Waals surface area contributed by atoms with E-state index in [1.165, 1.54) is 23.7 Å². The Labute approximate surface area is 165 Å². The molecule has 1 amide bonds. The number of hydrogen-bond donors (Lipinski definition) is 1. The maximum Gasteiger partial charge on any atom is 0.281 e. The van der Waals surface area contributed by atoms with Crippen molar-refractivity contribution >= 4 is 37.3 Å². The van der Waals surface area contributed by atoms with Crippen LogP contribution < -0.4 is 11.0 Å². The van der Waals surface area contributed by atoms with Crippen LogP contribution >= 0.6 is 11.3 Å². The Balaban J connectivity index is 1.62. The molecule has 1 aromatic carbocycles. The lowest BCUT2D eigenvalue weighted by Crippen LogP contribution is -2.34. The van der Waals surface area contributed by atoms with E-state index in [-0.39, 0.29) is 23.7 Å². The Bertz CT molecular complexity index is 1250. The van der Waals surface area contributed by atoms with E-state index in [4.69, 9.17) is 0 Å². The zero-order valence-electron chi connectivity index (χ0n) is 15.0. The van der Waals surface area contributed by atoms with E-state index in [9.17, 15) is 18.0 Å². The predicted octanol–water partition coefficient (Wildman–Crippen LogP) is 2.45. The maximum absolute atomic E-state index is 12.9. The molecular formula is C19H17N3O4S2.